The van der Waals surface area contributed by atoms with Crippen LogP contribution in [-0.2, 0) is 4.74 Å². The molecule has 5 nitrogen and oxygen atoms in total. The molecule has 0 saturated heterocycles. The number of ether oxygens (including phenoxy) is 1. The standard InChI is InChI=1S/C18H10N2O3S/c19-7-12-13(9-5-6-24-8-9)14-15(21)10-3-1-2-4-11(10)16(22)17(14)23-18(12)20/h1-6,8,13H,20H2. The van der Waals surface area contributed by atoms with Crippen molar-refractivity contribution in [2.24, 2.45) is 5.73 Å². The first-order valence-electron chi connectivity index (χ1n) is 7.15. The highest BCUT2D eigenvalue weighted by molar-refractivity contribution is 7.08. The Kier molecular flexibility index (Phi) is 3.12. The summed E-state index contributed by atoms with van der Waals surface area (Å²) in [6.07, 6.45) is 0. The summed E-state index contributed by atoms with van der Waals surface area (Å²) in [6, 6.07) is 10.4. The predicted molar refractivity (Wildman–Crippen MR) is 87.1 cm³/mol. The Labute approximate surface area is 141 Å². The van der Waals surface area contributed by atoms with E-state index in [9.17, 15) is 14.9 Å². The first kappa shape index (κ1) is 14.4. The Morgan fingerprint density at radius 3 is 2.46 bits per heavy atom. The third-order valence-electron chi connectivity index (χ3n) is 4.16. The van der Waals surface area contributed by atoms with Gasteiger partial charge in [-0.25, -0.2) is 0 Å². The maximum atomic E-state index is 13.0. The van der Waals surface area contributed by atoms with Gasteiger partial charge in [0.15, 0.2) is 11.5 Å². The highest BCUT2D eigenvalue weighted by Gasteiger charge is 2.43. The van der Waals surface area contributed by atoms with Crippen molar-refractivity contribution in [3.8, 4) is 6.07 Å². The Balaban J connectivity index is 1.99. The lowest BCUT2D eigenvalue weighted by Gasteiger charge is -2.30. The van der Waals surface area contributed by atoms with Crippen molar-refractivity contribution in [1.29, 1.82) is 5.26 Å². The van der Waals surface area contributed by atoms with E-state index in [1.54, 1.807) is 24.3 Å². The molecule has 0 spiro atoms. The molecule has 1 unspecified atom stereocenters. The smallest absolute Gasteiger partial charge is 0.229 e. The van der Waals surface area contributed by atoms with Crippen LogP contribution in [0.4, 0.5) is 0 Å². The quantitative estimate of drug-likeness (QED) is 0.865. The molecule has 0 radical (unpaired) electrons. The second-order valence-electron chi connectivity index (χ2n) is 5.43. The lowest BCUT2D eigenvalue weighted by Crippen LogP contribution is -2.32. The van der Waals surface area contributed by atoms with Crippen LogP contribution in [0.2, 0.25) is 0 Å². The molecule has 1 aliphatic carbocycles. The molecule has 6 heteroatoms. The Morgan fingerprint density at radius 1 is 1.12 bits per heavy atom. The predicted octanol–water partition coefficient (Wildman–Crippen LogP) is 2.89. The minimum absolute atomic E-state index is 0.0774. The van der Waals surface area contributed by atoms with E-state index in [4.69, 9.17) is 10.5 Å². The van der Waals surface area contributed by atoms with Gasteiger partial charge in [0.1, 0.15) is 11.6 Å². The summed E-state index contributed by atoms with van der Waals surface area (Å²) in [6.45, 7) is 0. The number of thiophene rings is 1. The van der Waals surface area contributed by atoms with Crippen LogP contribution in [0.5, 0.6) is 0 Å². The van der Waals surface area contributed by atoms with E-state index in [1.165, 1.54) is 11.3 Å². The Bertz CT molecular complexity index is 994. The molecule has 2 aromatic rings. The molecule has 116 valence electrons. The van der Waals surface area contributed by atoms with Gasteiger partial charge in [-0.15, -0.1) is 0 Å². The first-order valence-corrected chi connectivity index (χ1v) is 8.10. The maximum absolute atomic E-state index is 13.0. The number of rotatable bonds is 1. The summed E-state index contributed by atoms with van der Waals surface area (Å²) in [5.74, 6) is -1.59. The minimum atomic E-state index is -0.685. The average molecular weight is 334 g/mol. The van der Waals surface area contributed by atoms with E-state index >= 15 is 0 Å². The summed E-state index contributed by atoms with van der Waals surface area (Å²) in [4.78, 5) is 25.8. The number of allylic oxidation sites excluding steroid dienone is 3. The summed E-state index contributed by atoms with van der Waals surface area (Å²) in [5, 5.41) is 13.2. The van der Waals surface area contributed by atoms with Gasteiger partial charge in [-0.1, -0.05) is 24.3 Å². The normalized spacial score (nSPS) is 19.5. The van der Waals surface area contributed by atoms with Gasteiger partial charge in [0.2, 0.25) is 11.7 Å². The van der Waals surface area contributed by atoms with Crippen molar-refractivity contribution in [2.45, 2.75) is 5.92 Å². The van der Waals surface area contributed by atoms with E-state index in [2.05, 4.69) is 0 Å². The van der Waals surface area contributed by atoms with E-state index < -0.39 is 5.92 Å². The average Bonchev–Trinajstić information content (AvgIpc) is 3.13. The van der Waals surface area contributed by atoms with Crippen molar-refractivity contribution in [2.75, 3.05) is 0 Å². The van der Waals surface area contributed by atoms with Gasteiger partial charge in [-0.05, 0) is 22.4 Å². The van der Waals surface area contributed by atoms with Crippen LogP contribution in [0.25, 0.3) is 0 Å². The Morgan fingerprint density at radius 2 is 1.83 bits per heavy atom. The molecule has 24 heavy (non-hydrogen) atoms. The highest BCUT2D eigenvalue weighted by atomic mass is 32.1. The highest BCUT2D eigenvalue weighted by Crippen LogP contribution is 2.44. The number of benzene rings is 1. The number of carbonyl (C=O) groups is 2. The molecule has 2 heterocycles. The zero-order chi connectivity index (χ0) is 16.8. The number of nitrogens with zero attached hydrogens (tertiary/aromatic N) is 1. The van der Waals surface area contributed by atoms with Crippen LogP contribution in [0, 0.1) is 11.3 Å². The minimum Gasteiger partial charge on any atom is -0.436 e. The van der Waals surface area contributed by atoms with Crippen molar-refractivity contribution in [1.82, 2.24) is 0 Å². The molecule has 2 aliphatic rings. The van der Waals surface area contributed by atoms with Crippen LogP contribution in [-0.4, -0.2) is 11.6 Å². The summed E-state index contributed by atoms with van der Waals surface area (Å²) in [5.41, 5.74) is 7.55. The fourth-order valence-electron chi connectivity index (χ4n) is 3.08. The number of carbonyl (C=O) groups excluding carboxylic acids is 2. The monoisotopic (exact) mass is 334 g/mol. The van der Waals surface area contributed by atoms with Gasteiger partial charge in [-0.2, -0.15) is 16.6 Å². The van der Waals surface area contributed by atoms with Gasteiger partial charge in [0.05, 0.1) is 11.5 Å². The molecule has 4 rings (SSSR count). The van der Waals surface area contributed by atoms with Gasteiger partial charge >= 0.3 is 0 Å². The largest absolute Gasteiger partial charge is 0.436 e. The number of hydrogen-bond donors (Lipinski definition) is 1. The van der Waals surface area contributed by atoms with Crippen molar-refractivity contribution in [3.63, 3.8) is 0 Å². The van der Waals surface area contributed by atoms with Crippen molar-refractivity contribution < 1.29 is 14.3 Å². The topological polar surface area (TPSA) is 93.2 Å². The lowest BCUT2D eigenvalue weighted by atomic mass is 9.76. The Hall–Kier alpha value is -3.17. The second kappa shape index (κ2) is 5.18. The van der Waals surface area contributed by atoms with Gasteiger partial charge < -0.3 is 10.5 Å². The number of ketones is 2. The molecule has 0 fully saturated rings. The summed E-state index contributed by atoms with van der Waals surface area (Å²) in [7, 11) is 0. The van der Waals surface area contributed by atoms with Crippen LogP contribution >= 0.6 is 11.3 Å². The van der Waals surface area contributed by atoms with Gasteiger partial charge in [-0.3, -0.25) is 9.59 Å². The van der Waals surface area contributed by atoms with Gasteiger partial charge in [0, 0.05) is 11.1 Å². The fraction of sp³-hybridized carbons (Fsp3) is 0.0556. The number of hydrogen-bond acceptors (Lipinski definition) is 6. The van der Waals surface area contributed by atoms with E-state index in [0.29, 0.717) is 11.1 Å². The van der Waals surface area contributed by atoms with Crippen molar-refractivity contribution in [3.05, 3.63) is 80.6 Å². The number of nitriles is 1. The molecule has 1 aliphatic heterocycles. The van der Waals surface area contributed by atoms with Crippen LogP contribution in [0.15, 0.2) is 63.9 Å². The SMILES string of the molecule is N#CC1=C(N)OC2=C(C(=O)c3ccccc3C2=O)C1c1ccsc1. The zero-order valence-corrected chi connectivity index (χ0v) is 13.1. The molecular weight excluding hydrogens is 324 g/mol. The van der Waals surface area contributed by atoms with Crippen LogP contribution < -0.4 is 5.73 Å². The molecule has 1 atom stereocenters. The van der Waals surface area contributed by atoms with E-state index in [-0.39, 0.29) is 34.4 Å². The summed E-state index contributed by atoms with van der Waals surface area (Å²) >= 11 is 1.44. The number of Topliss-reactive ketones (excluding diaryl/α,β-unsaturated/α-hetero) is 2. The molecule has 0 amide bonds. The number of fused-ring (bicyclic) bond motifs is 1. The number of nitrogens with two attached hydrogens (primary N) is 1. The van der Waals surface area contributed by atoms with E-state index in [0.717, 1.165) is 5.56 Å². The second-order valence-corrected chi connectivity index (χ2v) is 6.21. The van der Waals surface area contributed by atoms with Crippen LogP contribution in [0.1, 0.15) is 32.2 Å². The third-order valence-corrected chi connectivity index (χ3v) is 4.87. The molecule has 0 saturated carbocycles. The third kappa shape index (κ3) is 1.85. The molecular formula is C18H10N2O3S. The summed E-state index contributed by atoms with van der Waals surface area (Å²) < 4.78 is 5.41. The van der Waals surface area contributed by atoms with Crippen molar-refractivity contribution >= 4 is 22.9 Å². The van der Waals surface area contributed by atoms with Crippen LogP contribution in [0.3, 0.4) is 0 Å². The molecule has 0 bridgehead atoms. The molecule has 2 N–H and O–H groups in total. The fourth-order valence-corrected chi connectivity index (χ4v) is 3.77. The maximum Gasteiger partial charge on any atom is 0.229 e. The van der Waals surface area contributed by atoms with E-state index in [1.807, 2.05) is 22.9 Å². The van der Waals surface area contributed by atoms with Gasteiger partial charge in [0.25, 0.3) is 0 Å². The molecule has 1 aromatic carbocycles. The first-order chi connectivity index (χ1) is 11.6. The zero-order valence-electron chi connectivity index (χ0n) is 12.3. The lowest BCUT2D eigenvalue weighted by molar-refractivity contribution is 0.0897. The molecule has 1 aromatic heterocycles.